The molecule has 0 saturated heterocycles. The summed E-state index contributed by atoms with van der Waals surface area (Å²) in [5.41, 5.74) is 8.34. The molecule has 2 fully saturated rings. The second-order valence-corrected chi connectivity index (χ2v) is 43.9. The van der Waals surface area contributed by atoms with Crippen molar-refractivity contribution in [2.45, 2.75) is 449 Å². The van der Waals surface area contributed by atoms with Gasteiger partial charge in [0.15, 0.2) is 0 Å². The van der Waals surface area contributed by atoms with Crippen molar-refractivity contribution >= 4 is 41.8 Å². The van der Waals surface area contributed by atoms with Crippen molar-refractivity contribution in [1.82, 2.24) is 0 Å². The zero-order chi connectivity index (χ0) is 88.8. The van der Waals surface area contributed by atoms with Crippen LogP contribution >= 0.6 is 0 Å². The summed E-state index contributed by atoms with van der Waals surface area (Å²) in [7, 11) is 0. The Kier molecular flexibility index (Phi) is 67.8. The second kappa shape index (κ2) is 62.4. The molecule has 666 valence electrons. The molecule has 0 aliphatic heterocycles. The molecule has 0 heterocycles. The largest absolute Gasteiger partial charge is 0.466 e. The van der Waals surface area contributed by atoms with Gasteiger partial charge in [0.2, 0.25) is 0 Å². The zero-order valence-electron chi connectivity index (χ0n) is 81.3. The monoisotopic (exact) mass is 1590 g/mol. The van der Waals surface area contributed by atoms with E-state index in [-0.39, 0.29) is 117 Å². The molecular weight excluding hydrogens is 1400 g/mol. The molecule has 111 heavy (non-hydrogen) atoms. The maximum absolute atomic E-state index is 11.7. The van der Waals surface area contributed by atoms with E-state index in [2.05, 4.69) is 180 Å². The molecule has 2 aliphatic carbocycles. The van der Waals surface area contributed by atoms with Crippen LogP contribution in [0.15, 0.2) is 0 Å². The van der Waals surface area contributed by atoms with Crippen molar-refractivity contribution in [2.24, 2.45) is 90.0 Å². The van der Waals surface area contributed by atoms with Crippen LogP contribution in [0.5, 0.6) is 0 Å². The maximum Gasteiger partial charge on any atom is 0.332 e. The van der Waals surface area contributed by atoms with Crippen molar-refractivity contribution in [3.8, 4) is 0 Å². The third-order valence-electron chi connectivity index (χ3n) is 16.7. The van der Waals surface area contributed by atoms with Crippen LogP contribution in [0.2, 0.25) is 0 Å². The molecule has 2 rings (SSSR count). The molecule has 0 aromatic heterocycles. The summed E-state index contributed by atoms with van der Waals surface area (Å²) in [5, 5.41) is 0. The summed E-state index contributed by atoms with van der Waals surface area (Å²) in [6, 6.07) is -0.486. The van der Waals surface area contributed by atoms with Gasteiger partial charge in [0.1, 0.15) is 12.6 Å². The first-order valence-corrected chi connectivity index (χ1v) is 43.5. The Morgan fingerprint density at radius 3 is 1.03 bits per heavy atom. The van der Waals surface area contributed by atoms with Gasteiger partial charge in [-0.1, -0.05) is 302 Å². The van der Waals surface area contributed by atoms with Crippen LogP contribution in [-0.2, 0) is 71.5 Å². The van der Waals surface area contributed by atoms with E-state index in [0.29, 0.717) is 79.4 Å². The molecule has 0 aromatic carbocycles. The summed E-state index contributed by atoms with van der Waals surface area (Å²) >= 11 is 0. The van der Waals surface area contributed by atoms with Gasteiger partial charge in [-0.2, -0.15) is 0 Å². The Hall–Kier alpha value is -3.79. The van der Waals surface area contributed by atoms with E-state index in [1.165, 1.54) is 44.9 Å². The first kappa shape index (κ1) is 120. The van der Waals surface area contributed by atoms with E-state index < -0.39 is 6.04 Å². The van der Waals surface area contributed by atoms with Gasteiger partial charge in [0.25, 0.3) is 0 Å². The summed E-state index contributed by atoms with van der Waals surface area (Å²) in [6.45, 7) is 89.4. The number of carbonyl (C=O) groups is 7. The predicted octanol–water partition coefficient (Wildman–Crippen LogP) is 26.1. The Balaban J connectivity index is -0.000000222. The van der Waals surface area contributed by atoms with Crippen molar-refractivity contribution in [1.29, 1.82) is 0 Å². The minimum absolute atomic E-state index is 0.0231. The number of esters is 7. The fourth-order valence-electron chi connectivity index (χ4n) is 10.6. The fraction of sp³-hybridized carbons (Fsp3) is 0.926. The second-order valence-electron chi connectivity index (χ2n) is 43.9. The molecule has 16 heteroatoms. The number of rotatable bonds is 29. The molecule has 4 atom stereocenters. The average molecular weight is 1590 g/mol. The van der Waals surface area contributed by atoms with E-state index in [0.717, 1.165) is 83.5 Å². The number of hydrogen-bond donors (Lipinski definition) is 1. The van der Waals surface area contributed by atoms with Gasteiger partial charge in [-0.25, -0.2) is 4.79 Å². The molecule has 0 bridgehead atoms. The van der Waals surface area contributed by atoms with E-state index in [4.69, 9.17) is 43.6 Å². The fourth-order valence-corrected chi connectivity index (χ4v) is 10.6. The number of nitrogens with two attached hydrogens (primary N) is 1. The van der Waals surface area contributed by atoms with E-state index in [1.807, 2.05) is 104 Å². The number of ether oxygens (including phenoxy) is 8. The third-order valence-corrected chi connectivity index (χ3v) is 16.7. The van der Waals surface area contributed by atoms with Gasteiger partial charge in [-0.3, -0.25) is 28.8 Å². The Morgan fingerprint density at radius 2 is 0.712 bits per heavy atom. The summed E-state index contributed by atoms with van der Waals surface area (Å²) in [5.74, 6) is 0.557. The summed E-state index contributed by atoms with van der Waals surface area (Å²) in [4.78, 5) is 79.3. The van der Waals surface area contributed by atoms with Crippen molar-refractivity contribution in [3.05, 3.63) is 0 Å². The SMILES string of the molecule is CC(C)(C)CCCOC(=O)C1CCCC1.CC(C)C(N)C(=O)OCCCC(C)(C)C.CC(C)CC(=O)OC(C)CC(C)(C)C.CC(C)CC(=O)OCCC(C)(C)C.CC(CC(C)(C)C)OC(=O)C(C)C.CC(CC(C)(C)C)OC(=O)C1CCCC1.CCC(C)(C)C.CCCC(C)(C)C.CCCOCC(=O)OCC(C)(C)C. The maximum atomic E-state index is 11.7. The van der Waals surface area contributed by atoms with Crippen LogP contribution in [-0.4, -0.2) is 106 Å². The molecule has 2 aliphatic rings. The minimum Gasteiger partial charge on any atom is -0.466 e. The smallest absolute Gasteiger partial charge is 0.332 e. The first-order valence-electron chi connectivity index (χ1n) is 43.5. The highest BCUT2D eigenvalue weighted by atomic mass is 16.6. The Labute approximate surface area is 688 Å². The molecule has 0 aromatic rings. The molecule has 0 spiro atoms. The molecule has 2 saturated carbocycles. The third kappa shape index (κ3) is 102. The lowest BCUT2D eigenvalue weighted by Gasteiger charge is -2.24. The lowest BCUT2D eigenvalue weighted by molar-refractivity contribution is -0.154. The van der Waals surface area contributed by atoms with E-state index in [1.54, 1.807) is 0 Å². The van der Waals surface area contributed by atoms with Crippen molar-refractivity contribution in [3.63, 3.8) is 0 Å². The molecule has 0 amide bonds. The van der Waals surface area contributed by atoms with E-state index >= 15 is 0 Å². The minimum atomic E-state index is -0.486. The van der Waals surface area contributed by atoms with Crippen LogP contribution in [0, 0.1) is 84.2 Å². The van der Waals surface area contributed by atoms with Gasteiger partial charge in [-0.05, 0) is 177 Å². The lowest BCUT2D eigenvalue weighted by atomic mass is 9.89. The van der Waals surface area contributed by atoms with Crippen LogP contribution < -0.4 is 5.73 Å². The van der Waals surface area contributed by atoms with E-state index in [9.17, 15) is 33.6 Å². The predicted molar refractivity (Wildman–Crippen MR) is 469 cm³/mol. The summed E-state index contributed by atoms with van der Waals surface area (Å²) < 4.78 is 41.5. The van der Waals surface area contributed by atoms with Gasteiger partial charge >= 0.3 is 41.8 Å². The Bertz CT molecular complexity index is 2280. The number of carbonyl (C=O) groups excluding carboxylic acids is 7. The topological polar surface area (TPSA) is 219 Å². The van der Waals surface area contributed by atoms with Crippen LogP contribution in [0.1, 0.15) is 425 Å². The molecule has 2 N–H and O–H groups in total. The van der Waals surface area contributed by atoms with Crippen LogP contribution in [0.3, 0.4) is 0 Å². The molecule has 4 unspecified atom stereocenters. The van der Waals surface area contributed by atoms with Crippen molar-refractivity contribution in [2.75, 3.05) is 39.6 Å². The van der Waals surface area contributed by atoms with Crippen LogP contribution in [0.4, 0.5) is 0 Å². The highest BCUT2D eigenvalue weighted by Crippen LogP contribution is 2.31. The first-order chi connectivity index (χ1) is 49.9. The molecular formula is C95H191NO15. The van der Waals surface area contributed by atoms with Gasteiger partial charge in [0.05, 0.1) is 62.5 Å². The normalized spacial score (nSPS) is 14.7. The average Bonchev–Trinajstić information content (AvgIpc) is 1.83. The summed E-state index contributed by atoms with van der Waals surface area (Å²) in [6.07, 6.45) is 22.7. The highest BCUT2D eigenvalue weighted by molar-refractivity contribution is 5.76. The standard InChI is InChI=1S/2C13H24O2.C12H25NO2.C12H24O2.2C11H22O2.C10H20O3.C7H16.C6H14/c1-10(9-13(2,3)4)15-12(14)11-7-5-6-8-11;1-13(2,3)9-6-10-15-12(14)11-7-4-5-8-11;1-9(2)10(13)11(14)15-8-6-7-12(3,4)5;1-9(2)7-11(13)14-10(3)8-12(4,5)6;1-8(2)10(12)13-9(3)7-11(4,5)6;1-9(2)8-10(12)13-7-6-11(3,4)5;1-5-6-12-7-9(11)13-8-10(2,3)4;1-5-6-7(2,3)4;1-5-6(2,3)4/h10-11H,5-9H2,1-4H3;11H,4-10H2,1-3H3;9-10H,6-8,13H2,1-5H3;9-10H,7-8H2,1-6H3;8-9H,7H2,1-6H3;9H,6-8H2,1-5H3;5-8H2,1-4H3;5-6H2,1-4H3;5H2,1-4H3. The van der Waals surface area contributed by atoms with Gasteiger partial charge in [0, 0.05) is 19.4 Å². The number of hydrogen-bond acceptors (Lipinski definition) is 16. The lowest BCUT2D eigenvalue weighted by Crippen LogP contribution is -2.37. The Morgan fingerprint density at radius 1 is 0.351 bits per heavy atom. The zero-order valence-corrected chi connectivity index (χ0v) is 81.3. The molecule has 0 radical (unpaired) electrons. The van der Waals surface area contributed by atoms with Crippen LogP contribution in [0.25, 0.3) is 0 Å². The van der Waals surface area contributed by atoms with Gasteiger partial charge in [-0.15, -0.1) is 0 Å². The van der Waals surface area contributed by atoms with Gasteiger partial charge < -0.3 is 43.6 Å². The highest BCUT2D eigenvalue weighted by Gasteiger charge is 2.29. The quantitative estimate of drug-likeness (QED) is 0.0418. The molecule has 16 nitrogen and oxygen atoms in total. The van der Waals surface area contributed by atoms with Crippen molar-refractivity contribution < 1.29 is 71.5 Å².